The van der Waals surface area contributed by atoms with Crippen LogP contribution in [0.25, 0.3) is 11.3 Å². The van der Waals surface area contributed by atoms with Gasteiger partial charge < -0.3 is 25.2 Å². The molecule has 1 spiro atoms. The van der Waals surface area contributed by atoms with Gasteiger partial charge in [0.25, 0.3) is 0 Å². The molecular formula is C52H62ClN5O5. The van der Waals surface area contributed by atoms with Crippen LogP contribution in [-0.4, -0.2) is 50.5 Å². The number of halogens is 1. The van der Waals surface area contributed by atoms with Crippen molar-refractivity contribution in [2.24, 2.45) is 18.9 Å². The van der Waals surface area contributed by atoms with Crippen LogP contribution in [0.5, 0.6) is 11.5 Å². The van der Waals surface area contributed by atoms with Gasteiger partial charge in [0, 0.05) is 47.2 Å². The van der Waals surface area contributed by atoms with E-state index in [0.29, 0.717) is 61.4 Å². The van der Waals surface area contributed by atoms with Gasteiger partial charge in [0.2, 0.25) is 5.91 Å². The first-order chi connectivity index (χ1) is 30.3. The Labute approximate surface area is 377 Å². The molecule has 332 valence electrons. The lowest BCUT2D eigenvalue weighted by atomic mass is 9.59. The molecular weight excluding hydrogens is 810 g/mol. The van der Waals surface area contributed by atoms with Gasteiger partial charge in [-0.15, -0.1) is 0 Å². The van der Waals surface area contributed by atoms with Crippen LogP contribution in [0.15, 0.2) is 85.1 Å². The van der Waals surface area contributed by atoms with Crippen molar-refractivity contribution < 1.29 is 24.2 Å². The lowest BCUT2D eigenvalue weighted by Crippen LogP contribution is -2.53. The van der Waals surface area contributed by atoms with E-state index in [-0.39, 0.29) is 23.3 Å². The van der Waals surface area contributed by atoms with Gasteiger partial charge in [0.15, 0.2) is 0 Å². The van der Waals surface area contributed by atoms with Crippen molar-refractivity contribution in [1.82, 2.24) is 20.1 Å². The molecule has 2 aromatic heterocycles. The average Bonchev–Trinajstić information content (AvgIpc) is 3.76. The zero-order valence-corrected chi connectivity index (χ0v) is 38.1. The second kappa shape index (κ2) is 18.8. The molecule has 1 amide bonds. The molecule has 0 bridgehead atoms. The number of pyridine rings is 1. The summed E-state index contributed by atoms with van der Waals surface area (Å²) in [6.07, 6.45) is 10.4. The SMILES string of the molecule is Cc1cc(-c2cccc([C@@H](C)NC(=O)CCCOc3ccc4c(c3)C3(CCC(Nc5cccc(Cl)c5)(C(=O)O)CC3)C(C[C@@H](C)COc3ccnc5c3[C@H](C)CCC5)C4)c2)n(C)n1. The Kier molecular flexibility index (Phi) is 13.2. The molecule has 2 heterocycles. The summed E-state index contributed by atoms with van der Waals surface area (Å²) in [5.74, 6) is 1.91. The summed E-state index contributed by atoms with van der Waals surface area (Å²) < 4.78 is 14.9. The van der Waals surface area contributed by atoms with Crippen LogP contribution in [0.3, 0.4) is 0 Å². The molecule has 0 aliphatic heterocycles. The van der Waals surface area contributed by atoms with E-state index in [9.17, 15) is 14.7 Å². The van der Waals surface area contributed by atoms with Gasteiger partial charge in [-0.3, -0.25) is 14.5 Å². The molecule has 63 heavy (non-hydrogen) atoms. The summed E-state index contributed by atoms with van der Waals surface area (Å²) in [7, 11) is 1.94. The number of fused-ring (bicyclic) bond motifs is 3. The van der Waals surface area contributed by atoms with Crippen LogP contribution in [0.4, 0.5) is 5.69 Å². The highest BCUT2D eigenvalue weighted by Crippen LogP contribution is 2.57. The molecule has 5 aromatic rings. The number of aryl methyl sites for hydroxylation is 3. The standard InChI is InChI=1S/C52H62ClN5O5/c1-33(32-63-47-19-24-54-45-15-6-10-34(2)49(45)47)26-40-29-38-17-18-43(31-44(38)51(40)20-22-52(23-21-51,50(60)61)56-42-14-8-13-41(53)30-42)62-25-9-16-48(59)55-36(4)37-11-7-12-39(28-37)46-27-35(3)57-58(46)5/h7-8,11-14,17-19,24,27-28,30-31,33-34,36,40,56H,6,9-10,15-16,20-23,25-26,29,32H2,1-5H3,(H,55,59)(H,60,61)/t33-,34-,36-,40?,51?,52?/m1/s1. The Hall–Kier alpha value is -5.35. The number of carbonyl (C=O) groups excluding carboxylic acids is 1. The number of ether oxygens (including phenoxy) is 2. The lowest BCUT2D eigenvalue weighted by molar-refractivity contribution is -0.144. The first-order valence-electron chi connectivity index (χ1n) is 22.9. The van der Waals surface area contributed by atoms with Gasteiger partial charge in [-0.05, 0) is 166 Å². The number of amides is 1. The number of nitrogens with zero attached hydrogens (tertiary/aromatic N) is 3. The van der Waals surface area contributed by atoms with Crippen LogP contribution < -0.4 is 20.1 Å². The summed E-state index contributed by atoms with van der Waals surface area (Å²) >= 11 is 6.33. The Morgan fingerprint density at radius 1 is 1.00 bits per heavy atom. The molecule has 4 atom stereocenters. The minimum atomic E-state index is -1.11. The van der Waals surface area contributed by atoms with Gasteiger partial charge in [-0.25, -0.2) is 4.79 Å². The second-order valence-corrected chi connectivity index (χ2v) is 19.1. The number of anilines is 1. The molecule has 10 nitrogen and oxygen atoms in total. The molecule has 3 N–H and O–H groups in total. The zero-order chi connectivity index (χ0) is 44.3. The first-order valence-corrected chi connectivity index (χ1v) is 23.2. The Morgan fingerprint density at radius 3 is 2.57 bits per heavy atom. The smallest absolute Gasteiger partial charge is 0.329 e. The molecule has 3 aromatic carbocycles. The fourth-order valence-corrected chi connectivity index (χ4v) is 11.0. The van der Waals surface area contributed by atoms with Crippen LogP contribution in [0.2, 0.25) is 5.02 Å². The predicted octanol–water partition coefficient (Wildman–Crippen LogP) is 10.9. The largest absolute Gasteiger partial charge is 0.494 e. The van der Waals surface area contributed by atoms with Crippen molar-refractivity contribution >= 4 is 29.2 Å². The van der Waals surface area contributed by atoms with Gasteiger partial charge in [-0.2, -0.15) is 5.10 Å². The lowest BCUT2D eigenvalue weighted by Gasteiger charge is -2.47. The van der Waals surface area contributed by atoms with Crippen LogP contribution in [0.1, 0.15) is 124 Å². The summed E-state index contributed by atoms with van der Waals surface area (Å²) in [6.45, 7) is 9.57. The monoisotopic (exact) mass is 871 g/mol. The van der Waals surface area contributed by atoms with E-state index in [2.05, 4.69) is 71.0 Å². The highest BCUT2D eigenvalue weighted by Gasteiger charge is 2.54. The third-order valence-corrected chi connectivity index (χ3v) is 14.4. The van der Waals surface area contributed by atoms with Crippen molar-refractivity contribution in [1.29, 1.82) is 0 Å². The van der Waals surface area contributed by atoms with Crippen molar-refractivity contribution in [2.75, 3.05) is 18.5 Å². The molecule has 0 radical (unpaired) electrons. The Bertz CT molecular complexity index is 2440. The first kappa shape index (κ1) is 44.3. The highest BCUT2D eigenvalue weighted by atomic mass is 35.5. The quantitative estimate of drug-likeness (QED) is 0.0837. The molecule has 3 aliphatic carbocycles. The van der Waals surface area contributed by atoms with Crippen molar-refractivity contribution in [3.8, 4) is 22.8 Å². The number of carbonyl (C=O) groups is 2. The molecule has 1 fully saturated rings. The maximum Gasteiger partial charge on any atom is 0.329 e. The van der Waals surface area contributed by atoms with E-state index in [1.807, 2.05) is 62.1 Å². The summed E-state index contributed by atoms with van der Waals surface area (Å²) in [4.78, 5) is 30.9. The third-order valence-electron chi connectivity index (χ3n) is 14.1. The summed E-state index contributed by atoms with van der Waals surface area (Å²) in [5, 5.41) is 22.4. The highest BCUT2D eigenvalue weighted by molar-refractivity contribution is 6.30. The third kappa shape index (κ3) is 9.62. The number of rotatable bonds is 16. The van der Waals surface area contributed by atoms with Gasteiger partial charge in [-0.1, -0.05) is 55.8 Å². The van der Waals surface area contributed by atoms with Crippen LogP contribution in [0, 0.1) is 18.8 Å². The van der Waals surface area contributed by atoms with Crippen LogP contribution >= 0.6 is 11.6 Å². The van der Waals surface area contributed by atoms with Gasteiger partial charge in [0.1, 0.15) is 17.0 Å². The maximum atomic E-state index is 13.1. The number of benzene rings is 3. The Morgan fingerprint density at radius 2 is 1.81 bits per heavy atom. The average molecular weight is 873 g/mol. The van der Waals surface area contributed by atoms with Crippen LogP contribution in [-0.2, 0) is 34.9 Å². The number of hydrogen-bond donors (Lipinski definition) is 3. The number of aromatic nitrogens is 3. The number of carboxylic acid groups (broad SMARTS) is 1. The number of aliphatic carboxylic acids is 1. The van der Waals surface area contributed by atoms with E-state index in [0.717, 1.165) is 79.0 Å². The number of carboxylic acids is 1. The molecule has 8 rings (SSSR count). The van der Waals surface area contributed by atoms with E-state index in [1.165, 1.54) is 22.4 Å². The minimum Gasteiger partial charge on any atom is -0.494 e. The molecule has 1 unspecified atom stereocenters. The summed E-state index contributed by atoms with van der Waals surface area (Å²) in [6, 6.07) is 26.0. The molecule has 11 heteroatoms. The van der Waals surface area contributed by atoms with Gasteiger partial charge >= 0.3 is 5.97 Å². The minimum absolute atomic E-state index is 0.0180. The van der Waals surface area contributed by atoms with E-state index >= 15 is 0 Å². The van der Waals surface area contributed by atoms with Crippen molar-refractivity contribution in [2.45, 2.75) is 121 Å². The van der Waals surface area contributed by atoms with E-state index in [1.54, 1.807) is 12.1 Å². The molecule has 0 saturated heterocycles. The van der Waals surface area contributed by atoms with E-state index < -0.39 is 11.5 Å². The molecule has 3 aliphatic rings. The number of nitrogens with one attached hydrogen (secondary N) is 2. The fraction of sp³-hybridized carbons (Fsp3) is 0.462. The molecule has 1 saturated carbocycles. The van der Waals surface area contributed by atoms with E-state index in [4.69, 9.17) is 21.1 Å². The summed E-state index contributed by atoms with van der Waals surface area (Å²) in [5.41, 5.74) is 8.50. The number of hydrogen-bond acceptors (Lipinski definition) is 7. The zero-order valence-electron chi connectivity index (χ0n) is 37.4. The van der Waals surface area contributed by atoms with Crippen molar-refractivity contribution in [3.63, 3.8) is 0 Å². The fourth-order valence-electron chi connectivity index (χ4n) is 10.8. The van der Waals surface area contributed by atoms with Gasteiger partial charge in [0.05, 0.1) is 30.6 Å². The Balaban J connectivity index is 0.936. The van der Waals surface area contributed by atoms with Crippen molar-refractivity contribution in [3.05, 3.63) is 124 Å². The maximum absolute atomic E-state index is 13.1. The topological polar surface area (TPSA) is 128 Å². The predicted molar refractivity (Wildman–Crippen MR) is 249 cm³/mol. The second-order valence-electron chi connectivity index (χ2n) is 18.7. The normalized spacial score (nSPS) is 22.4.